The molecule has 0 aromatic heterocycles. The van der Waals surface area contributed by atoms with E-state index in [2.05, 4.69) is 19.2 Å². The molecule has 0 saturated carbocycles. The molecule has 2 rings (SSSR count). The van der Waals surface area contributed by atoms with E-state index in [1.54, 1.807) is 19.0 Å². The van der Waals surface area contributed by atoms with Crippen molar-refractivity contribution in [3.8, 4) is 5.75 Å². The first-order valence-electron chi connectivity index (χ1n) is 8.31. The Morgan fingerprint density at radius 1 is 1.30 bits per heavy atom. The van der Waals surface area contributed by atoms with Crippen molar-refractivity contribution < 1.29 is 14.3 Å². The predicted molar refractivity (Wildman–Crippen MR) is 92.3 cm³/mol. The third kappa shape index (κ3) is 4.61. The summed E-state index contributed by atoms with van der Waals surface area (Å²) in [7, 11) is 3.50. The molecule has 0 aliphatic carbocycles. The molecule has 1 unspecified atom stereocenters. The van der Waals surface area contributed by atoms with E-state index >= 15 is 0 Å². The fraction of sp³-hybridized carbons (Fsp3) is 0.611. The average Bonchev–Trinajstić information content (AvgIpc) is 2.47. The highest BCUT2D eigenvalue weighted by Gasteiger charge is 2.25. The fourth-order valence-corrected chi connectivity index (χ4v) is 3.05. The van der Waals surface area contributed by atoms with E-state index in [-0.39, 0.29) is 18.1 Å². The number of carbonyl (C=O) groups excluding carboxylic acids is 1. The zero-order valence-corrected chi connectivity index (χ0v) is 14.8. The second-order valence-electron chi connectivity index (χ2n) is 6.41. The summed E-state index contributed by atoms with van der Waals surface area (Å²) in [6, 6.07) is 5.95. The van der Waals surface area contributed by atoms with Gasteiger partial charge in [0.25, 0.3) is 5.91 Å². The molecule has 1 aliphatic heterocycles. The van der Waals surface area contributed by atoms with Gasteiger partial charge in [-0.3, -0.25) is 4.79 Å². The molecule has 1 heterocycles. The summed E-state index contributed by atoms with van der Waals surface area (Å²) >= 11 is 0. The van der Waals surface area contributed by atoms with Crippen LogP contribution in [0.25, 0.3) is 0 Å². The first kappa shape index (κ1) is 17.6. The van der Waals surface area contributed by atoms with Crippen LogP contribution in [0, 0.1) is 0 Å². The number of hydrogen-bond acceptors (Lipinski definition) is 4. The molecule has 5 nitrogen and oxygen atoms in total. The second kappa shape index (κ2) is 7.68. The highest BCUT2D eigenvalue weighted by atomic mass is 16.5. The molecular weight excluding hydrogens is 292 g/mol. The largest absolute Gasteiger partial charge is 0.492 e. The van der Waals surface area contributed by atoms with Crippen molar-refractivity contribution in [3.05, 3.63) is 23.8 Å². The van der Waals surface area contributed by atoms with Gasteiger partial charge in [-0.1, -0.05) is 0 Å². The molecule has 5 heteroatoms. The van der Waals surface area contributed by atoms with E-state index in [1.807, 2.05) is 25.1 Å². The van der Waals surface area contributed by atoms with Crippen molar-refractivity contribution in [1.29, 1.82) is 0 Å². The van der Waals surface area contributed by atoms with E-state index in [1.165, 1.54) is 0 Å². The Morgan fingerprint density at radius 2 is 1.96 bits per heavy atom. The van der Waals surface area contributed by atoms with Crippen molar-refractivity contribution in [1.82, 2.24) is 4.90 Å². The average molecular weight is 320 g/mol. The Labute approximate surface area is 139 Å². The maximum Gasteiger partial charge on any atom is 0.253 e. The number of hydrogen-bond donors (Lipinski definition) is 1. The van der Waals surface area contributed by atoms with Crippen LogP contribution in [0.2, 0.25) is 0 Å². The fourth-order valence-electron chi connectivity index (χ4n) is 3.05. The molecular formula is C18H28N2O3. The highest BCUT2D eigenvalue weighted by molar-refractivity contribution is 5.95. The van der Waals surface area contributed by atoms with Crippen LogP contribution in [0.3, 0.4) is 0 Å². The summed E-state index contributed by atoms with van der Waals surface area (Å²) in [4.78, 5) is 13.7. The smallest absolute Gasteiger partial charge is 0.253 e. The molecule has 128 valence electrons. The number of carbonyl (C=O) groups is 1. The van der Waals surface area contributed by atoms with Crippen LogP contribution in [0.15, 0.2) is 18.2 Å². The van der Waals surface area contributed by atoms with Gasteiger partial charge in [-0.15, -0.1) is 0 Å². The van der Waals surface area contributed by atoms with Gasteiger partial charge < -0.3 is 19.7 Å². The second-order valence-corrected chi connectivity index (χ2v) is 6.41. The zero-order valence-electron chi connectivity index (χ0n) is 14.8. The van der Waals surface area contributed by atoms with E-state index in [0.717, 1.165) is 24.3 Å². The van der Waals surface area contributed by atoms with Crippen molar-refractivity contribution in [2.45, 2.75) is 51.9 Å². The normalized spacial score (nSPS) is 24.1. The summed E-state index contributed by atoms with van der Waals surface area (Å²) in [5.74, 6) is 0.706. The maximum atomic E-state index is 12.1. The lowest BCUT2D eigenvalue weighted by Crippen LogP contribution is -2.37. The monoisotopic (exact) mass is 320 g/mol. The Bertz CT molecular complexity index is 535. The summed E-state index contributed by atoms with van der Waals surface area (Å²) in [6.45, 7) is 6.72. The third-order valence-corrected chi connectivity index (χ3v) is 3.99. The molecule has 1 aromatic rings. The third-order valence-electron chi connectivity index (χ3n) is 3.99. The maximum absolute atomic E-state index is 12.1. The van der Waals surface area contributed by atoms with Gasteiger partial charge in [0.1, 0.15) is 5.75 Å². The van der Waals surface area contributed by atoms with Crippen LogP contribution < -0.4 is 10.1 Å². The number of rotatable bonds is 5. The van der Waals surface area contributed by atoms with E-state index < -0.39 is 0 Å². The van der Waals surface area contributed by atoms with Crippen LogP contribution in [-0.4, -0.2) is 49.8 Å². The van der Waals surface area contributed by atoms with Gasteiger partial charge in [0.05, 0.1) is 24.5 Å². The van der Waals surface area contributed by atoms with Crippen LogP contribution in [-0.2, 0) is 4.74 Å². The Kier molecular flexibility index (Phi) is 5.88. The summed E-state index contributed by atoms with van der Waals surface area (Å²) in [5.41, 5.74) is 1.58. The molecule has 0 spiro atoms. The molecule has 23 heavy (non-hydrogen) atoms. The first-order valence-corrected chi connectivity index (χ1v) is 8.31. The van der Waals surface area contributed by atoms with E-state index in [9.17, 15) is 4.79 Å². The predicted octanol–water partition coefficient (Wildman–Crippen LogP) is 3.16. The topological polar surface area (TPSA) is 50.8 Å². The summed E-state index contributed by atoms with van der Waals surface area (Å²) in [5, 5.41) is 3.56. The van der Waals surface area contributed by atoms with Gasteiger partial charge in [-0.05, 0) is 51.8 Å². The van der Waals surface area contributed by atoms with Crippen LogP contribution in [0.1, 0.15) is 44.0 Å². The SMILES string of the molecule is CCOc1cc(C(=O)N(C)C)ccc1NC1C[C@@H](C)O[C@@H](C)C1. The molecule has 0 radical (unpaired) electrons. The number of anilines is 1. The van der Waals surface area contributed by atoms with Crippen molar-refractivity contribution in [2.24, 2.45) is 0 Å². The molecule has 1 aromatic carbocycles. The molecule has 1 N–H and O–H groups in total. The van der Waals surface area contributed by atoms with Gasteiger partial charge in [0.15, 0.2) is 0 Å². The zero-order chi connectivity index (χ0) is 17.0. The molecule has 3 atom stereocenters. The van der Waals surface area contributed by atoms with Gasteiger partial charge in [0, 0.05) is 25.7 Å². The van der Waals surface area contributed by atoms with Crippen molar-refractivity contribution >= 4 is 11.6 Å². The number of nitrogens with zero attached hydrogens (tertiary/aromatic N) is 1. The lowest BCUT2D eigenvalue weighted by Gasteiger charge is -2.33. The number of nitrogens with one attached hydrogen (secondary N) is 1. The Balaban J connectivity index is 2.18. The highest BCUT2D eigenvalue weighted by Crippen LogP contribution is 2.30. The summed E-state index contributed by atoms with van der Waals surface area (Å²) < 4.78 is 11.5. The molecule has 0 bridgehead atoms. The van der Waals surface area contributed by atoms with Gasteiger partial charge in [0.2, 0.25) is 0 Å². The number of amides is 1. The van der Waals surface area contributed by atoms with Gasteiger partial charge >= 0.3 is 0 Å². The first-order chi connectivity index (χ1) is 10.9. The number of ether oxygens (including phenoxy) is 2. The minimum absolute atomic E-state index is 0.0224. The number of benzene rings is 1. The van der Waals surface area contributed by atoms with E-state index in [4.69, 9.17) is 9.47 Å². The minimum atomic E-state index is -0.0224. The van der Waals surface area contributed by atoms with Crippen molar-refractivity contribution in [2.75, 3.05) is 26.0 Å². The van der Waals surface area contributed by atoms with Gasteiger partial charge in [-0.25, -0.2) is 0 Å². The lowest BCUT2D eigenvalue weighted by molar-refractivity contribution is -0.0338. The standard InChI is InChI=1S/C18H28N2O3/c1-6-22-17-11-14(18(21)20(4)5)7-8-16(17)19-15-9-12(2)23-13(3)10-15/h7-8,11-13,15,19H,6,9-10H2,1-5H3/t12-,13+,15?. The minimum Gasteiger partial charge on any atom is -0.492 e. The van der Waals surface area contributed by atoms with Gasteiger partial charge in [-0.2, -0.15) is 0 Å². The molecule has 1 fully saturated rings. The lowest BCUT2D eigenvalue weighted by atomic mass is 9.99. The molecule has 1 saturated heterocycles. The molecule has 1 amide bonds. The van der Waals surface area contributed by atoms with Crippen molar-refractivity contribution in [3.63, 3.8) is 0 Å². The van der Waals surface area contributed by atoms with E-state index in [0.29, 0.717) is 18.2 Å². The Hall–Kier alpha value is -1.75. The Morgan fingerprint density at radius 3 is 2.52 bits per heavy atom. The van der Waals surface area contributed by atoms with Crippen LogP contribution in [0.4, 0.5) is 5.69 Å². The van der Waals surface area contributed by atoms with Crippen LogP contribution >= 0.6 is 0 Å². The summed E-state index contributed by atoms with van der Waals surface area (Å²) in [6.07, 6.45) is 2.44. The quantitative estimate of drug-likeness (QED) is 0.905. The molecule has 1 aliphatic rings. The van der Waals surface area contributed by atoms with Crippen LogP contribution in [0.5, 0.6) is 5.75 Å².